The maximum Gasteiger partial charge on any atom is 0.229 e. The van der Waals surface area contributed by atoms with Gasteiger partial charge in [0.25, 0.3) is 0 Å². The van der Waals surface area contributed by atoms with Gasteiger partial charge in [-0.15, -0.1) is 0 Å². The van der Waals surface area contributed by atoms with Crippen molar-refractivity contribution in [2.75, 3.05) is 13.1 Å². The Hall–Kier alpha value is -3.54. The van der Waals surface area contributed by atoms with Crippen LogP contribution in [-0.4, -0.2) is 34.9 Å². The average Bonchev–Trinajstić information content (AvgIpc) is 3.38. The molecule has 0 fully saturated rings. The predicted molar refractivity (Wildman–Crippen MR) is 141 cm³/mol. The molecule has 0 aliphatic carbocycles. The smallest absolute Gasteiger partial charge is 0.229 e. The first-order valence-electron chi connectivity index (χ1n) is 12.9. The van der Waals surface area contributed by atoms with E-state index in [2.05, 4.69) is 69.1 Å². The number of aromatic amines is 2. The first-order valence-corrected chi connectivity index (χ1v) is 12.9. The highest BCUT2D eigenvalue weighted by Gasteiger charge is 2.15. The quantitative estimate of drug-likeness (QED) is 0.280. The van der Waals surface area contributed by atoms with Crippen molar-refractivity contribution < 1.29 is 9.59 Å². The van der Waals surface area contributed by atoms with Gasteiger partial charge in [0.2, 0.25) is 11.8 Å². The summed E-state index contributed by atoms with van der Waals surface area (Å²) in [6.07, 6.45) is 8.07. The third-order valence-corrected chi connectivity index (χ3v) is 7.12. The number of benzene rings is 2. The third-order valence-electron chi connectivity index (χ3n) is 7.12. The van der Waals surface area contributed by atoms with Gasteiger partial charge >= 0.3 is 0 Å². The Labute approximate surface area is 205 Å². The van der Waals surface area contributed by atoms with E-state index in [1.54, 1.807) is 0 Å². The molecule has 0 saturated heterocycles. The standard InChI is InChI=1S/C29H34N4O2/c34-28-19-29(35)31-18-16-23-21-10-6-8-14-25(21)33-27(23)12-4-2-1-3-11-26-22(15-17-30-28)20-9-5-7-13-24(20)32-26/h5-10,13-14,32-33H,1-4,11-12,15-19H2,(H,30,34)(H,31,35). The van der Waals surface area contributed by atoms with E-state index in [-0.39, 0.29) is 18.2 Å². The van der Waals surface area contributed by atoms with E-state index < -0.39 is 0 Å². The number of H-pyrrole nitrogens is 2. The predicted octanol–water partition coefficient (Wildman–Crippen LogP) is 4.72. The number of fused-ring (bicyclic) bond motifs is 6. The van der Waals surface area contributed by atoms with Crippen LogP contribution >= 0.6 is 0 Å². The molecular formula is C29H34N4O2. The monoisotopic (exact) mass is 470 g/mol. The maximum atomic E-state index is 12.4. The van der Waals surface area contributed by atoms with E-state index in [4.69, 9.17) is 0 Å². The zero-order chi connectivity index (χ0) is 24.0. The summed E-state index contributed by atoms with van der Waals surface area (Å²) in [5, 5.41) is 8.34. The lowest BCUT2D eigenvalue weighted by Crippen LogP contribution is -2.33. The minimum atomic E-state index is -0.227. The van der Waals surface area contributed by atoms with Crippen molar-refractivity contribution in [3.8, 4) is 0 Å². The summed E-state index contributed by atoms with van der Waals surface area (Å²) in [4.78, 5) is 32.0. The van der Waals surface area contributed by atoms with Crippen molar-refractivity contribution in [2.45, 2.75) is 57.8 Å². The van der Waals surface area contributed by atoms with Crippen LogP contribution in [0.1, 0.15) is 54.6 Å². The topological polar surface area (TPSA) is 89.8 Å². The molecule has 0 radical (unpaired) electrons. The summed E-state index contributed by atoms with van der Waals surface area (Å²) in [5.41, 5.74) is 7.41. The van der Waals surface area contributed by atoms with E-state index in [0.29, 0.717) is 13.1 Å². The number of carbonyl (C=O) groups is 2. The van der Waals surface area contributed by atoms with Gasteiger partial charge in [0.1, 0.15) is 6.42 Å². The molecule has 3 heterocycles. The zero-order valence-electron chi connectivity index (χ0n) is 20.2. The van der Waals surface area contributed by atoms with Crippen LogP contribution in [0.15, 0.2) is 48.5 Å². The maximum absolute atomic E-state index is 12.4. The van der Waals surface area contributed by atoms with Crippen LogP contribution in [0.4, 0.5) is 0 Å². The summed E-state index contributed by atoms with van der Waals surface area (Å²) < 4.78 is 0. The number of hydrogen-bond acceptors (Lipinski definition) is 2. The molecule has 0 spiro atoms. The number of nitrogens with one attached hydrogen (secondary N) is 4. The fourth-order valence-corrected chi connectivity index (χ4v) is 5.39. The number of aryl methyl sites for hydroxylation is 2. The number of rotatable bonds is 0. The zero-order valence-corrected chi connectivity index (χ0v) is 20.2. The summed E-state index contributed by atoms with van der Waals surface area (Å²) in [7, 11) is 0. The van der Waals surface area contributed by atoms with Gasteiger partial charge in [-0.1, -0.05) is 49.2 Å². The molecule has 0 unspecified atom stereocenters. The van der Waals surface area contributed by atoms with Crippen molar-refractivity contribution in [3.05, 3.63) is 71.0 Å². The number of para-hydroxylation sites is 2. The van der Waals surface area contributed by atoms with Gasteiger partial charge in [0.15, 0.2) is 0 Å². The molecule has 2 aromatic carbocycles. The molecule has 35 heavy (non-hydrogen) atoms. The Kier molecular flexibility index (Phi) is 7.17. The van der Waals surface area contributed by atoms with E-state index in [0.717, 1.165) is 49.6 Å². The third kappa shape index (κ3) is 5.42. The molecule has 5 rings (SSSR count). The minimum Gasteiger partial charge on any atom is -0.358 e. The van der Waals surface area contributed by atoms with Crippen molar-refractivity contribution in [2.24, 2.45) is 0 Å². The van der Waals surface area contributed by atoms with E-state index >= 15 is 0 Å². The van der Waals surface area contributed by atoms with Gasteiger partial charge in [-0.25, -0.2) is 0 Å². The molecule has 1 aliphatic heterocycles. The highest BCUT2D eigenvalue weighted by Crippen LogP contribution is 2.26. The van der Waals surface area contributed by atoms with Crippen molar-refractivity contribution >= 4 is 33.6 Å². The molecule has 6 nitrogen and oxygen atoms in total. The summed E-state index contributed by atoms with van der Waals surface area (Å²) in [6, 6.07) is 16.7. The lowest BCUT2D eigenvalue weighted by atomic mass is 10.0. The van der Waals surface area contributed by atoms with Gasteiger partial charge in [-0.05, 0) is 61.8 Å². The number of carbonyl (C=O) groups excluding carboxylic acids is 2. The fraction of sp³-hybridized carbons (Fsp3) is 0.379. The van der Waals surface area contributed by atoms with Gasteiger partial charge in [0.05, 0.1) is 0 Å². The largest absolute Gasteiger partial charge is 0.358 e. The Morgan fingerprint density at radius 3 is 1.49 bits per heavy atom. The van der Waals surface area contributed by atoms with Crippen molar-refractivity contribution in [1.29, 1.82) is 0 Å². The SMILES string of the molecule is O=C1CC(=O)NCCc2c([nH]c3ccccc23)CCCCCCc2[nH]c3ccccc3c2CCN1. The average molecular weight is 471 g/mol. The normalized spacial score (nSPS) is 17.0. The Morgan fingerprint density at radius 2 is 1.00 bits per heavy atom. The second kappa shape index (κ2) is 10.8. The first kappa shape index (κ1) is 23.2. The molecule has 2 aromatic heterocycles. The van der Waals surface area contributed by atoms with Crippen LogP contribution in [0.2, 0.25) is 0 Å². The van der Waals surface area contributed by atoms with Crippen LogP contribution in [0.25, 0.3) is 21.8 Å². The molecule has 1 aliphatic rings. The summed E-state index contributed by atoms with van der Waals surface area (Å²) >= 11 is 0. The molecular weight excluding hydrogens is 436 g/mol. The van der Waals surface area contributed by atoms with Gasteiger partial charge in [0, 0.05) is 46.3 Å². The van der Waals surface area contributed by atoms with Gasteiger partial charge < -0.3 is 20.6 Å². The number of hydrogen-bond donors (Lipinski definition) is 4. The Bertz CT molecular complexity index is 1230. The molecule has 4 aromatic rings. The van der Waals surface area contributed by atoms with E-state index in [1.807, 2.05) is 0 Å². The molecule has 4 N–H and O–H groups in total. The molecule has 182 valence electrons. The van der Waals surface area contributed by atoms with Crippen molar-refractivity contribution in [1.82, 2.24) is 20.6 Å². The second-order valence-corrected chi connectivity index (χ2v) is 9.55. The van der Waals surface area contributed by atoms with Crippen LogP contribution in [0.5, 0.6) is 0 Å². The first-order chi connectivity index (χ1) is 17.2. The Morgan fingerprint density at radius 1 is 0.543 bits per heavy atom. The highest BCUT2D eigenvalue weighted by molar-refractivity contribution is 5.97. The van der Waals surface area contributed by atoms with Crippen LogP contribution in [-0.2, 0) is 35.3 Å². The highest BCUT2D eigenvalue weighted by atomic mass is 16.2. The fourth-order valence-electron chi connectivity index (χ4n) is 5.39. The molecule has 2 amide bonds. The molecule has 6 heteroatoms. The Balaban J connectivity index is 1.33. The molecule has 0 saturated carbocycles. The number of aromatic nitrogens is 2. The van der Waals surface area contributed by atoms with Crippen LogP contribution < -0.4 is 10.6 Å². The van der Waals surface area contributed by atoms with Crippen LogP contribution in [0.3, 0.4) is 0 Å². The molecule has 0 atom stereocenters. The second-order valence-electron chi connectivity index (χ2n) is 9.55. The molecule has 0 bridgehead atoms. The van der Waals surface area contributed by atoms with Gasteiger partial charge in [-0.3, -0.25) is 9.59 Å². The lowest BCUT2D eigenvalue weighted by Gasteiger charge is -2.08. The number of amides is 2. The van der Waals surface area contributed by atoms with E-state index in [1.165, 1.54) is 46.1 Å². The van der Waals surface area contributed by atoms with E-state index in [9.17, 15) is 9.59 Å². The summed E-state index contributed by atoms with van der Waals surface area (Å²) in [5.74, 6) is -0.454. The minimum absolute atomic E-state index is 0.137. The summed E-state index contributed by atoms with van der Waals surface area (Å²) in [6.45, 7) is 1.05. The van der Waals surface area contributed by atoms with Crippen LogP contribution in [0, 0.1) is 0 Å². The van der Waals surface area contributed by atoms with Crippen molar-refractivity contribution in [3.63, 3.8) is 0 Å². The lowest BCUT2D eigenvalue weighted by molar-refractivity contribution is -0.129. The van der Waals surface area contributed by atoms with Gasteiger partial charge in [-0.2, -0.15) is 0 Å².